The fourth-order valence-electron chi connectivity index (χ4n) is 1.94. The van der Waals surface area contributed by atoms with Crippen LogP contribution in [0.25, 0.3) is 0 Å². The molecule has 0 aromatic heterocycles. The van der Waals surface area contributed by atoms with Crippen molar-refractivity contribution < 1.29 is 5.11 Å². The largest absolute Gasteiger partial charge is 0.387 e. The molecule has 0 bridgehead atoms. The molecule has 0 saturated carbocycles. The first kappa shape index (κ1) is 11.4. The highest BCUT2D eigenvalue weighted by molar-refractivity contribution is 9.10. The van der Waals surface area contributed by atoms with E-state index in [1.54, 1.807) is 0 Å². The van der Waals surface area contributed by atoms with Crippen LogP contribution < -0.4 is 5.32 Å². The molecule has 2 N–H and O–H groups in total. The number of aliphatic hydroxyl groups is 1. The van der Waals surface area contributed by atoms with Crippen LogP contribution in [0.15, 0.2) is 22.7 Å². The molecule has 0 radical (unpaired) electrons. The van der Waals surface area contributed by atoms with Crippen molar-refractivity contribution in [2.45, 2.75) is 25.0 Å². The Morgan fingerprint density at radius 2 is 2.33 bits per heavy atom. The van der Waals surface area contributed by atoms with Crippen molar-refractivity contribution >= 4 is 27.5 Å². The third-order valence-electron chi connectivity index (χ3n) is 2.76. The van der Waals surface area contributed by atoms with Gasteiger partial charge in [0.05, 0.1) is 6.10 Å². The summed E-state index contributed by atoms with van der Waals surface area (Å²) in [5.74, 6) is 0. The van der Waals surface area contributed by atoms with Crippen molar-refractivity contribution in [2.75, 3.05) is 6.54 Å². The van der Waals surface area contributed by atoms with Gasteiger partial charge in [0, 0.05) is 21.1 Å². The minimum atomic E-state index is -0.506. The van der Waals surface area contributed by atoms with Crippen LogP contribution in [-0.2, 0) is 0 Å². The molecule has 2 atom stereocenters. The Kier molecular flexibility index (Phi) is 3.67. The summed E-state index contributed by atoms with van der Waals surface area (Å²) in [6.45, 7) is 0.982. The van der Waals surface area contributed by atoms with Crippen molar-refractivity contribution in [1.82, 2.24) is 5.32 Å². The summed E-state index contributed by atoms with van der Waals surface area (Å²) >= 11 is 9.43. The first-order valence-electron chi connectivity index (χ1n) is 5.05. The SMILES string of the molecule is OC(c1ccc(Br)cc1Cl)C1CCCN1. The molecular weight excluding hydrogens is 277 g/mol. The Labute approximate surface area is 103 Å². The Hall–Kier alpha value is -0.0900. The summed E-state index contributed by atoms with van der Waals surface area (Å²) in [6, 6.07) is 5.73. The van der Waals surface area contributed by atoms with E-state index in [9.17, 15) is 5.11 Å². The molecular formula is C11H13BrClNO. The Balaban J connectivity index is 2.20. The maximum Gasteiger partial charge on any atom is 0.0957 e. The molecule has 1 fully saturated rings. The molecule has 1 aliphatic rings. The standard InChI is InChI=1S/C11H13BrClNO/c12-7-3-4-8(9(13)6-7)11(15)10-2-1-5-14-10/h3-4,6,10-11,14-15H,1-2,5H2. The van der Waals surface area contributed by atoms with Gasteiger partial charge < -0.3 is 10.4 Å². The zero-order valence-electron chi connectivity index (χ0n) is 8.21. The Bertz CT molecular complexity index is 352. The van der Waals surface area contributed by atoms with Gasteiger partial charge in [0.25, 0.3) is 0 Å². The third-order valence-corrected chi connectivity index (χ3v) is 3.58. The van der Waals surface area contributed by atoms with E-state index in [0.29, 0.717) is 5.02 Å². The number of benzene rings is 1. The van der Waals surface area contributed by atoms with Crippen molar-refractivity contribution in [3.63, 3.8) is 0 Å². The second-order valence-corrected chi connectivity index (χ2v) is 5.14. The number of hydrogen-bond donors (Lipinski definition) is 2. The molecule has 2 rings (SSSR count). The monoisotopic (exact) mass is 289 g/mol. The quantitative estimate of drug-likeness (QED) is 0.878. The van der Waals surface area contributed by atoms with Gasteiger partial charge >= 0.3 is 0 Å². The highest BCUT2D eigenvalue weighted by Crippen LogP contribution is 2.30. The van der Waals surface area contributed by atoms with E-state index < -0.39 is 6.10 Å². The summed E-state index contributed by atoms with van der Waals surface area (Å²) in [4.78, 5) is 0. The predicted molar refractivity (Wildman–Crippen MR) is 65.1 cm³/mol. The highest BCUT2D eigenvalue weighted by Gasteiger charge is 2.25. The van der Waals surface area contributed by atoms with E-state index in [1.807, 2.05) is 18.2 Å². The van der Waals surface area contributed by atoms with Crippen LogP contribution in [0.2, 0.25) is 5.02 Å². The van der Waals surface area contributed by atoms with Crippen molar-refractivity contribution in [2.24, 2.45) is 0 Å². The molecule has 2 unspecified atom stereocenters. The average Bonchev–Trinajstić information content (AvgIpc) is 2.69. The van der Waals surface area contributed by atoms with E-state index in [-0.39, 0.29) is 6.04 Å². The Morgan fingerprint density at radius 1 is 1.53 bits per heavy atom. The molecule has 1 aliphatic heterocycles. The smallest absolute Gasteiger partial charge is 0.0957 e. The number of hydrogen-bond acceptors (Lipinski definition) is 2. The average molecular weight is 291 g/mol. The number of nitrogens with one attached hydrogen (secondary N) is 1. The zero-order chi connectivity index (χ0) is 10.8. The van der Waals surface area contributed by atoms with Crippen molar-refractivity contribution in [3.8, 4) is 0 Å². The summed E-state index contributed by atoms with van der Waals surface area (Å²) in [7, 11) is 0. The van der Waals surface area contributed by atoms with Crippen LogP contribution in [0.5, 0.6) is 0 Å². The lowest BCUT2D eigenvalue weighted by Gasteiger charge is -2.19. The minimum Gasteiger partial charge on any atom is -0.387 e. The van der Waals surface area contributed by atoms with Crippen LogP contribution in [0.1, 0.15) is 24.5 Å². The predicted octanol–water partition coefficient (Wildman–Crippen LogP) is 2.89. The van der Waals surface area contributed by atoms with Gasteiger partial charge in [-0.1, -0.05) is 33.6 Å². The lowest BCUT2D eigenvalue weighted by Crippen LogP contribution is -2.28. The van der Waals surface area contributed by atoms with E-state index in [1.165, 1.54) is 0 Å². The fourth-order valence-corrected chi connectivity index (χ4v) is 2.72. The van der Waals surface area contributed by atoms with Gasteiger partial charge in [-0.2, -0.15) is 0 Å². The van der Waals surface area contributed by atoms with E-state index in [0.717, 1.165) is 29.4 Å². The first-order valence-corrected chi connectivity index (χ1v) is 6.22. The molecule has 1 aromatic rings. The fraction of sp³-hybridized carbons (Fsp3) is 0.455. The van der Waals surface area contributed by atoms with Gasteiger partial charge in [-0.25, -0.2) is 0 Å². The third kappa shape index (κ3) is 2.53. The van der Waals surface area contributed by atoms with Crippen molar-refractivity contribution in [3.05, 3.63) is 33.3 Å². The maximum atomic E-state index is 10.1. The van der Waals surface area contributed by atoms with Gasteiger partial charge in [-0.3, -0.25) is 0 Å². The van der Waals surface area contributed by atoms with Crippen LogP contribution in [0, 0.1) is 0 Å². The summed E-state index contributed by atoms with van der Waals surface area (Å²) < 4.78 is 0.933. The van der Waals surface area contributed by atoms with Gasteiger partial charge in [0.15, 0.2) is 0 Å². The second-order valence-electron chi connectivity index (χ2n) is 3.81. The number of rotatable bonds is 2. The molecule has 1 heterocycles. The van der Waals surface area contributed by atoms with E-state index in [4.69, 9.17) is 11.6 Å². The van der Waals surface area contributed by atoms with Gasteiger partial charge in [-0.15, -0.1) is 0 Å². The normalized spacial score (nSPS) is 23.0. The Morgan fingerprint density at radius 3 is 2.93 bits per heavy atom. The van der Waals surface area contributed by atoms with Gasteiger partial charge in [-0.05, 0) is 31.5 Å². The molecule has 0 spiro atoms. The molecule has 2 nitrogen and oxygen atoms in total. The number of aliphatic hydroxyl groups excluding tert-OH is 1. The molecule has 1 aromatic carbocycles. The summed E-state index contributed by atoms with van der Waals surface area (Å²) in [5, 5.41) is 14.0. The molecule has 0 aliphatic carbocycles. The molecule has 15 heavy (non-hydrogen) atoms. The second kappa shape index (κ2) is 4.83. The first-order chi connectivity index (χ1) is 7.18. The van der Waals surface area contributed by atoms with Crippen molar-refractivity contribution in [1.29, 1.82) is 0 Å². The highest BCUT2D eigenvalue weighted by atomic mass is 79.9. The number of halogens is 2. The lowest BCUT2D eigenvalue weighted by atomic mass is 10.0. The molecule has 82 valence electrons. The van der Waals surface area contributed by atoms with E-state index >= 15 is 0 Å². The molecule has 1 saturated heterocycles. The van der Waals surface area contributed by atoms with Gasteiger partial charge in [0.1, 0.15) is 0 Å². The molecule has 4 heteroatoms. The van der Waals surface area contributed by atoms with Crippen LogP contribution >= 0.6 is 27.5 Å². The summed E-state index contributed by atoms with van der Waals surface area (Å²) in [5.41, 5.74) is 0.805. The topological polar surface area (TPSA) is 32.3 Å². The van der Waals surface area contributed by atoms with Crippen LogP contribution in [0.3, 0.4) is 0 Å². The summed E-state index contributed by atoms with van der Waals surface area (Å²) in [6.07, 6.45) is 1.62. The van der Waals surface area contributed by atoms with Gasteiger partial charge in [0.2, 0.25) is 0 Å². The van der Waals surface area contributed by atoms with E-state index in [2.05, 4.69) is 21.2 Å². The minimum absolute atomic E-state index is 0.142. The lowest BCUT2D eigenvalue weighted by molar-refractivity contribution is 0.137. The van der Waals surface area contributed by atoms with Crippen LogP contribution in [0.4, 0.5) is 0 Å². The maximum absolute atomic E-state index is 10.1. The molecule has 0 amide bonds. The zero-order valence-corrected chi connectivity index (χ0v) is 10.6. The van der Waals surface area contributed by atoms with Crippen LogP contribution in [-0.4, -0.2) is 17.7 Å².